The molecule has 0 radical (unpaired) electrons. The Hall–Kier alpha value is -0.610. The highest BCUT2D eigenvalue weighted by molar-refractivity contribution is 9.10. The Morgan fingerprint density at radius 3 is 2.90 bits per heavy atom. The molecule has 1 aromatic rings. The number of pyridine rings is 1. The summed E-state index contributed by atoms with van der Waals surface area (Å²) >= 11 is 3.56. The van der Waals surface area contributed by atoms with E-state index in [1.54, 1.807) is 0 Å². The molecule has 2 unspecified atom stereocenters. The second-order valence-electron chi connectivity index (χ2n) is 6.46. The van der Waals surface area contributed by atoms with Gasteiger partial charge >= 0.3 is 0 Å². The lowest BCUT2D eigenvalue weighted by molar-refractivity contribution is 0.202. The molecule has 21 heavy (non-hydrogen) atoms. The summed E-state index contributed by atoms with van der Waals surface area (Å²) in [6, 6.07) is 2.22. The van der Waals surface area contributed by atoms with E-state index in [0.717, 1.165) is 29.4 Å². The van der Waals surface area contributed by atoms with E-state index in [0.29, 0.717) is 0 Å². The molecule has 1 aromatic heterocycles. The third-order valence-corrected chi connectivity index (χ3v) is 5.50. The molecule has 1 N–H and O–H groups in total. The van der Waals surface area contributed by atoms with Gasteiger partial charge in [-0.05, 0) is 53.2 Å². The Kier molecular flexibility index (Phi) is 5.17. The Labute approximate surface area is 136 Å². The van der Waals surface area contributed by atoms with Gasteiger partial charge in [-0.2, -0.15) is 0 Å². The van der Waals surface area contributed by atoms with Gasteiger partial charge in [0, 0.05) is 35.9 Å². The van der Waals surface area contributed by atoms with E-state index in [1.807, 2.05) is 6.20 Å². The standard InChI is InChI=1S/C17H26BrN3/c1-2-19-10-15-9-16(18)11-20-17(15)21-8-7-13-5-3-4-6-14(13)12-21/h9,11,13-14,19H,2-8,10,12H2,1H3. The highest BCUT2D eigenvalue weighted by atomic mass is 79.9. The van der Waals surface area contributed by atoms with Crippen molar-refractivity contribution in [2.24, 2.45) is 11.8 Å². The Morgan fingerprint density at radius 2 is 2.10 bits per heavy atom. The Bertz CT molecular complexity index is 477. The predicted octanol–water partition coefficient (Wildman–Crippen LogP) is 3.97. The predicted molar refractivity (Wildman–Crippen MR) is 91.6 cm³/mol. The largest absolute Gasteiger partial charge is 0.356 e. The normalized spacial score (nSPS) is 25.7. The first-order valence-electron chi connectivity index (χ1n) is 8.38. The van der Waals surface area contributed by atoms with Crippen LogP contribution in [0.15, 0.2) is 16.7 Å². The maximum atomic E-state index is 4.73. The van der Waals surface area contributed by atoms with Crippen LogP contribution in [0, 0.1) is 11.8 Å². The van der Waals surface area contributed by atoms with Crippen molar-refractivity contribution in [3.8, 4) is 0 Å². The lowest BCUT2D eigenvalue weighted by Crippen LogP contribution is -2.42. The summed E-state index contributed by atoms with van der Waals surface area (Å²) < 4.78 is 1.08. The quantitative estimate of drug-likeness (QED) is 0.889. The summed E-state index contributed by atoms with van der Waals surface area (Å²) in [4.78, 5) is 7.26. The van der Waals surface area contributed by atoms with Crippen LogP contribution in [-0.2, 0) is 6.54 Å². The summed E-state index contributed by atoms with van der Waals surface area (Å²) in [5.74, 6) is 3.07. The number of anilines is 1. The average Bonchev–Trinajstić information content (AvgIpc) is 2.52. The highest BCUT2D eigenvalue weighted by Crippen LogP contribution is 2.37. The molecule has 2 aliphatic rings. The van der Waals surface area contributed by atoms with Crippen LogP contribution in [0.2, 0.25) is 0 Å². The van der Waals surface area contributed by atoms with Crippen LogP contribution < -0.4 is 10.2 Å². The fourth-order valence-corrected chi connectivity index (χ4v) is 4.32. The number of hydrogen-bond donors (Lipinski definition) is 1. The van der Waals surface area contributed by atoms with E-state index in [2.05, 4.69) is 39.1 Å². The van der Waals surface area contributed by atoms with Crippen molar-refractivity contribution in [3.63, 3.8) is 0 Å². The van der Waals surface area contributed by atoms with Gasteiger partial charge in [0.1, 0.15) is 5.82 Å². The molecular formula is C17H26BrN3. The van der Waals surface area contributed by atoms with Crippen LogP contribution in [0.5, 0.6) is 0 Å². The third-order valence-electron chi connectivity index (χ3n) is 5.07. The third kappa shape index (κ3) is 3.59. The van der Waals surface area contributed by atoms with Crippen molar-refractivity contribution in [3.05, 3.63) is 22.3 Å². The zero-order valence-electron chi connectivity index (χ0n) is 12.9. The molecule has 0 bridgehead atoms. The van der Waals surface area contributed by atoms with E-state index in [4.69, 9.17) is 4.98 Å². The van der Waals surface area contributed by atoms with Crippen molar-refractivity contribution in [2.45, 2.75) is 45.6 Å². The second-order valence-corrected chi connectivity index (χ2v) is 7.37. The molecular weight excluding hydrogens is 326 g/mol. The van der Waals surface area contributed by atoms with E-state index < -0.39 is 0 Å². The molecule has 2 fully saturated rings. The molecule has 0 spiro atoms. The van der Waals surface area contributed by atoms with Crippen LogP contribution in [0.1, 0.15) is 44.6 Å². The zero-order valence-corrected chi connectivity index (χ0v) is 14.5. The molecule has 4 heteroatoms. The minimum atomic E-state index is 0.893. The molecule has 3 rings (SSSR count). The van der Waals surface area contributed by atoms with Gasteiger partial charge in [-0.1, -0.05) is 26.2 Å². The summed E-state index contributed by atoms with van der Waals surface area (Å²) in [5, 5.41) is 3.44. The molecule has 1 saturated heterocycles. The molecule has 0 amide bonds. The maximum Gasteiger partial charge on any atom is 0.133 e. The smallest absolute Gasteiger partial charge is 0.133 e. The number of hydrogen-bond acceptors (Lipinski definition) is 3. The van der Waals surface area contributed by atoms with Gasteiger partial charge in [-0.25, -0.2) is 4.98 Å². The van der Waals surface area contributed by atoms with Crippen LogP contribution in [-0.4, -0.2) is 24.6 Å². The molecule has 0 aromatic carbocycles. The highest BCUT2D eigenvalue weighted by Gasteiger charge is 2.32. The molecule has 1 aliphatic heterocycles. The minimum Gasteiger partial charge on any atom is -0.356 e. The second kappa shape index (κ2) is 7.10. The van der Waals surface area contributed by atoms with Crippen LogP contribution >= 0.6 is 15.9 Å². The van der Waals surface area contributed by atoms with Crippen LogP contribution in [0.25, 0.3) is 0 Å². The summed E-state index contributed by atoms with van der Waals surface area (Å²) in [5.41, 5.74) is 1.32. The Balaban J connectivity index is 1.76. The van der Waals surface area contributed by atoms with Gasteiger partial charge in [-0.3, -0.25) is 0 Å². The zero-order chi connectivity index (χ0) is 14.7. The lowest BCUT2D eigenvalue weighted by Gasteiger charge is -2.42. The summed E-state index contributed by atoms with van der Waals surface area (Å²) in [6.07, 6.45) is 9.04. The fraction of sp³-hybridized carbons (Fsp3) is 0.706. The molecule has 2 atom stereocenters. The number of halogens is 1. The lowest BCUT2D eigenvalue weighted by atomic mass is 9.75. The number of piperidine rings is 1. The van der Waals surface area contributed by atoms with Crippen molar-refractivity contribution < 1.29 is 0 Å². The van der Waals surface area contributed by atoms with Gasteiger partial charge in [0.05, 0.1) is 0 Å². The van der Waals surface area contributed by atoms with E-state index >= 15 is 0 Å². The van der Waals surface area contributed by atoms with Crippen molar-refractivity contribution >= 4 is 21.7 Å². The van der Waals surface area contributed by atoms with Gasteiger partial charge in [-0.15, -0.1) is 0 Å². The number of aromatic nitrogens is 1. The van der Waals surface area contributed by atoms with Crippen LogP contribution in [0.4, 0.5) is 5.82 Å². The van der Waals surface area contributed by atoms with Crippen molar-refractivity contribution in [1.82, 2.24) is 10.3 Å². The number of nitrogens with one attached hydrogen (secondary N) is 1. The first-order chi connectivity index (χ1) is 10.3. The number of rotatable bonds is 4. The molecule has 2 heterocycles. The number of nitrogens with zero attached hydrogens (tertiary/aromatic N) is 2. The van der Waals surface area contributed by atoms with Crippen molar-refractivity contribution in [1.29, 1.82) is 0 Å². The van der Waals surface area contributed by atoms with Crippen molar-refractivity contribution in [2.75, 3.05) is 24.5 Å². The fourth-order valence-electron chi connectivity index (χ4n) is 3.94. The van der Waals surface area contributed by atoms with E-state index in [1.165, 1.54) is 56.6 Å². The molecule has 116 valence electrons. The monoisotopic (exact) mass is 351 g/mol. The SMILES string of the molecule is CCNCc1cc(Br)cnc1N1CCC2CCCCC2C1. The summed E-state index contributed by atoms with van der Waals surface area (Å²) in [6.45, 7) is 6.44. The summed E-state index contributed by atoms with van der Waals surface area (Å²) in [7, 11) is 0. The van der Waals surface area contributed by atoms with Gasteiger partial charge in [0.15, 0.2) is 0 Å². The van der Waals surface area contributed by atoms with Gasteiger partial charge in [0.2, 0.25) is 0 Å². The van der Waals surface area contributed by atoms with E-state index in [-0.39, 0.29) is 0 Å². The molecule has 1 aliphatic carbocycles. The Morgan fingerprint density at radius 1 is 1.29 bits per heavy atom. The van der Waals surface area contributed by atoms with E-state index in [9.17, 15) is 0 Å². The average molecular weight is 352 g/mol. The topological polar surface area (TPSA) is 28.2 Å². The molecule has 1 saturated carbocycles. The van der Waals surface area contributed by atoms with Gasteiger partial charge in [0.25, 0.3) is 0 Å². The first-order valence-corrected chi connectivity index (χ1v) is 9.17. The molecule has 3 nitrogen and oxygen atoms in total. The maximum absolute atomic E-state index is 4.73. The minimum absolute atomic E-state index is 0.893. The van der Waals surface area contributed by atoms with Crippen LogP contribution in [0.3, 0.4) is 0 Å². The van der Waals surface area contributed by atoms with Gasteiger partial charge < -0.3 is 10.2 Å². The first kappa shape index (κ1) is 15.3. The number of fused-ring (bicyclic) bond motifs is 1.